The third kappa shape index (κ3) is 7.19. The van der Waals surface area contributed by atoms with Crippen molar-refractivity contribution in [1.82, 2.24) is 15.2 Å². The van der Waals surface area contributed by atoms with Gasteiger partial charge in [-0.3, -0.25) is 4.79 Å². The third-order valence-electron chi connectivity index (χ3n) is 18.2. The summed E-state index contributed by atoms with van der Waals surface area (Å²) in [5.74, 6) is 7.80. The van der Waals surface area contributed by atoms with Crippen LogP contribution in [0, 0.1) is 51.2 Å². The number of rotatable bonds is 11. The quantitative estimate of drug-likeness (QED) is 0.225. The number of allylic oxidation sites excluding steroid dienone is 4. The Morgan fingerprint density at radius 2 is 1.76 bits per heavy atom. The number of nitrogens with one attached hydrogen (secondary N) is 1. The maximum atomic E-state index is 13.8. The Balaban J connectivity index is 0.909. The average Bonchev–Trinajstić information content (AvgIpc) is 3.68. The summed E-state index contributed by atoms with van der Waals surface area (Å²) in [4.78, 5) is 21.1. The Bertz CT molecular complexity index is 1940. The summed E-state index contributed by atoms with van der Waals surface area (Å²) in [6, 6.07) is 7.91. The molecule has 7 aliphatic rings. The molecule has 1 saturated heterocycles. The number of carbonyl (C=O) groups excluding carboxylic acids is 1. The molecule has 6 aliphatic carbocycles. The zero-order valence-electron chi connectivity index (χ0n) is 37.2. The van der Waals surface area contributed by atoms with Crippen molar-refractivity contribution in [2.75, 3.05) is 58.0 Å². The first-order chi connectivity index (χ1) is 28.5. The molecular weight excluding hydrogens is 751 g/mol. The van der Waals surface area contributed by atoms with Crippen molar-refractivity contribution in [3.8, 4) is 11.6 Å². The molecule has 7 nitrogen and oxygen atoms in total. The van der Waals surface area contributed by atoms with Gasteiger partial charge < -0.3 is 24.4 Å². The van der Waals surface area contributed by atoms with Crippen LogP contribution in [0.25, 0.3) is 10.8 Å². The van der Waals surface area contributed by atoms with Crippen molar-refractivity contribution in [3.63, 3.8) is 0 Å². The number of fused-ring (bicyclic) bond motifs is 8. The number of thioether (sulfide) groups is 1. The lowest BCUT2D eigenvalue weighted by atomic mass is 9.37. The van der Waals surface area contributed by atoms with E-state index in [2.05, 4.69) is 66.8 Å². The molecule has 4 saturated carbocycles. The first-order valence-electron chi connectivity index (χ1n) is 23.6. The number of carbonyl (C=O) groups is 1. The fourth-order valence-corrected chi connectivity index (χ4v) is 16.3. The number of hydrogen-bond donors (Lipinski definition) is 1. The molecule has 1 aliphatic heterocycles. The molecule has 0 bridgehead atoms. The van der Waals surface area contributed by atoms with Gasteiger partial charge in [0.2, 0.25) is 5.88 Å². The van der Waals surface area contributed by atoms with Crippen LogP contribution in [0.4, 0.5) is 0 Å². The summed E-state index contributed by atoms with van der Waals surface area (Å²) in [5.41, 5.74) is 3.45. The Morgan fingerprint density at radius 1 is 0.915 bits per heavy atom. The van der Waals surface area contributed by atoms with Crippen LogP contribution in [0.2, 0.25) is 0 Å². The number of pyridine rings is 1. The number of esters is 1. The van der Waals surface area contributed by atoms with Gasteiger partial charge in [0.1, 0.15) is 17.8 Å². The Labute approximate surface area is 359 Å². The van der Waals surface area contributed by atoms with E-state index in [-0.39, 0.29) is 18.0 Å². The second-order valence-corrected chi connectivity index (χ2v) is 22.3. The Kier molecular flexibility index (Phi) is 11.5. The molecule has 0 spiro atoms. The predicted molar refractivity (Wildman–Crippen MR) is 241 cm³/mol. The second-order valence-electron chi connectivity index (χ2n) is 21.0. The molecule has 2 aromatic rings. The van der Waals surface area contributed by atoms with Crippen molar-refractivity contribution in [3.05, 3.63) is 53.8 Å². The number of ether oxygens (including phenoxy) is 3. The maximum absolute atomic E-state index is 13.8. The van der Waals surface area contributed by atoms with Crippen LogP contribution in [-0.4, -0.2) is 79.4 Å². The topological polar surface area (TPSA) is 72.9 Å². The number of hydrogen-bond acceptors (Lipinski definition) is 8. The van der Waals surface area contributed by atoms with E-state index >= 15 is 0 Å². The van der Waals surface area contributed by atoms with Crippen molar-refractivity contribution in [1.29, 1.82) is 0 Å². The third-order valence-corrected chi connectivity index (χ3v) is 19.1. The molecule has 1 N–H and O–H groups in total. The van der Waals surface area contributed by atoms with Crippen LogP contribution in [0.15, 0.2) is 53.8 Å². The Morgan fingerprint density at radius 3 is 2.54 bits per heavy atom. The van der Waals surface area contributed by atoms with Crippen molar-refractivity contribution < 1.29 is 19.0 Å². The predicted octanol–water partition coefficient (Wildman–Crippen LogP) is 10.7. The highest BCUT2D eigenvalue weighted by molar-refractivity contribution is 7.99. The van der Waals surface area contributed by atoms with E-state index in [0.717, 1.165) is 46.6 Å². The lowest BCUT2D eigenvalue weighted by Gasteiger charge is -2.68. The van der Waals surface area contributed by atoms with Crippen LogP contribution in [0.5, 0.6) is 11.6 Å². The number of benzene rings is 1. The van der Waals surface area contributed by atoms with Gasteiger partial charge >= 0.3 is 5.97 Å². The number of aromatic nitrogens is 1. The Hall–Kier alpha value is -2.55. The first kappa shape index (κ1) is 41.8. The molecule has 322 valence electrons. The zero-order valence-corrected chi connectivity index (χ0v) is 38.0. The molecule has 0 amide bonds. The van der Waals surface area contributed by atoms with E-state index in [9.17, 15) is 4.79 Å². The highest BCUT2D eigenvalue weighted by Crippen LogP contribution is 2.72. The van der Waals surface area contributed by atoms with E-state index in [0.29, 0.717) is 47.6 Å². The maximum Gasteiger partial charge on any atom is 0.315 e. The molecule has 0 radical (unpaired) electrons. The molecule has 1 aromatic heterocycles. The van der Waals surface area contributed by atoms with Gasteiger partial charge in [-0.25, -0.2) is 4.98 Å². The minimum Gasteiger partial charge on any atom is -0.497 e. The molecule has 5 fully saturated rings. The summed E-state index contributed by atoms with van der Waals surface area (Å²) in [6.07, 6.45) is 22.8. The van der Waals surface area contributed by atoms with Crippen molar-refractivity contribution in [2.24, 2.45) is 51.2 Å². The summed E-state index contributed by atoms with van der Waals surface area (Å²) >= 11 is 2.12. The van der Waals surface area contributed by atoms with Gasteiger partial charge in [-0.2, -0.15) is 11.8 Å². The van der Waals surface area contributed by atoms with Crippen LogP contribution in [-0.2, 0) is 9.53 Å². The fraction of sp³-hybridized carbons (Fsp3) is 0.725. The standard InChI is InChI=1S/C51H73N3O4S/c1-7-57-46(55)50(34-58-45-39-33-37(56-6)11-10-35(39)19-26-52-45)23-14-36(15-24-50)40-16-21-49(5)43(47(40,2)3)18-22-48(4)41-17-25-51(53-27-28-54-29-31-59-32-30-54)20-8-9-42(51)38(41)12-13-44(48)49/h10-11,14,16,19,26,33,38,41-44,53H,7-9,12-13,15,17-18,20-25,27-32,34H2,1-6H3/t38-,41?,42?,43?,44?,48-,49-,50?,51-/m0/s1. The molecule has 5 unspecified atom stereocenters. The van der Waals surface area contributed by atoms with Gasteiger partial charge in [-0.15, -0.1) is 0 Å². The van der Waals surface area contributed by atoms with Gasteiger partial charge in [-0.05, 0) is 165 Å². The number of nitrogens with zero attached hydrogens (tertiary/aromatic N) is 2. The van der Waals surface area contributed by atoms with E-state index in [1.165, 1.54) is 107 Å². The molecular formula is C51H73N3O4S. The summed E-state index contributed by atoms with van der Waals surface area (Å²) in [6.45, 7) is 18.1. The minimum absolute atomic E-state index is 0.0769. The monoisotopic (exact) mass is 824 g/mol. The molecule has 2 heterocycles. The lowest BCUT2D eigenvalue weighted by Crippen LogP contribution is -2.64. The lowest BCUT2D eigenvalue weighted by molar-refractivity contribution is -0.175. The van der Waals surface area contributed by atoms with Gasteiger partial charge in [-0.1, -0.05) is 52.3 Å². The highest BCUT2D eigenvalue weighted by atomic mass is 32.2. The summed E-state index contributed by atoms with van der Waals surface area (Å²) < 4.78 is 17.8. The van der Waals surface area contributed by atoms with E-state index in [4.69, 9.17) is 14.2 Å². The normalized spacial score (nSPS) is 37.9. The molecule has 9 atom stereocenters. The fourth-order valence-electron chi connectivity index (χ4n) is 15.3. The minimum atomic E-state index is -0.750. The van der Waals surface area contributed by atoms with Crippen LogP contribution >= 0.6 is 11.8 Å². The zero-order chi connectivity index (χ0) is 41.0. The van der Waals surface area contributed by atoms with E-state index in [1.54, 1.807) is 18.9 Å². The smallest absolute Gasteiger partial charge is 0.315 e. The average molecular weight is 824 g/mol. The summed E-state index contributed by atoms with van der Waals surface area (Å²) in [5, 5.41) is 6.22. The molecule has 1 aromatic carbocycles. The van der Waals surface area contributed by atoms with E-state index < -0.39 is 5.41 Å². The van der Waals surface area contributed by atoms with Crippen LogP contribution in [0.3, 0.4) is 0 Å². The van der Waals surface area contributed by atoms with Gasteiger partial charge in [0, 0.05) is 54.8 Å². The van der Waals surface area contributed by atoms with Crippen LogP contribution in [0.1, 0.15) is 118 Å². The van der Waals surface area contributed by atoms with Crippen LogP contribution < -0.4 is 14.8 Å². The largest absolute Gasteiger partial charge is 0.497 e. The SMILES string of the molecule is CCOC(=O)C1(COc2nccc3ccc(OC)cc23)CC=C(C2=CC[C@@]3(C)C(CC[C@@]4(C)C5CC[C@@]6(NCCN7CCSCC7)CCCC6[C@H]5CCC43)C2(C)C)CC1. The summed E-state index contributed by atoms with van der Waals surface area (Å²) in [7, 11) is 1.67. The second kappa shape index (κ2) is 16.3. The van der Waals surface area contributed by atoms with Crippen molar-refractivity contribution >= 4 is 28.5 Å². The van der Waals surface area contributed by atoms with E-state index in [1.807, 2.05) is 31.2 Å². The number of methoxy groups -OCH3 is 1. The van der Waals surface area contributed by atoms with Gasteiger partial charge in [0.25, 0.3) is 0 Å². The molecule has 59 heavy (non-hydrogen) atoms. The molecule has 9 rings (SSSR count). The van der Waals surface area contributed by atoms with Gasteiger partial charge in [0.15, 0.2) is 0 Å². The van der Waals surface area contributed by atoms with Gasteiger partial charge in [0.05, 0.1) is 13.7 Å². The van der Waals surface area contributed by atoms with Crippen molar-refractivity contribution in [2.45, 2.75) is 124 Å². The first-order valence-corrected chi connectivity index (χ1v) is 24.8. The highest BCUT2D eigenvalue weighted by Gasteiger charge is 2.65. The molecule has 8 heteroatoms.